The summed E-state index contributed by atoms with van der Waals surface area (Å²) in [6.07, 6.45) is 0.508. The highest BCUT2D eigenvalue weighted by Gasteiger charge is 2.36. The first kappa shape index (κ1) is 19.7. The van der Waals surface area contributed by atoms with Gasteiger partial charge in [-0.1, -0.05) is 6.92 Å². The molecule has 0 bridgehead atoms. The number of amides is 1. The van der Waals surface area contributed by atoms with Crippen LogP contribution in [0.4, 0.5) is 4.79 Å². The monoisotopic (exact) mass is 328 g/mol. The Kier molecular flexibility index (Phi) is 6.07. The fourth-order valence-electron chi connectivity index (χ4n) is 2.33. The van der Waals surface area contributed by atoms with E-state index >= 15 is 0 Å². The van der Waals surface area contributed by atoms with Gasteiger partial charge in [0.25, 0.3) is 0 Å². The number of hydrogen-bond donors (Lipinski definition) is 0. The largest absolute Gasteiger partial charge is 0.444 e. The van der Waals surface area contributed by atoms with Gasteiger partial charge < -0.3 is 14.5 Å². The zero-order chi connectivity index (χ0) is 18.0. The lowest BCUT2D eigenvalue weighted by Crippen LogP contribution is -2.54. The van der Waals surface area contributed by atoms with Gasteiger partial charge in [-0.3, -0.25) is 0 Å². The van der Waals surface area contributed by atoms with E-state index in [2.05, 4.69) is 6.92 Å². The van der Waals surface area contributed by atoms with Crippen LogP contribution in [0.15, 0.2) is 0 Å². The van der Waals surface area contributed by atoms with E-state index in [9.17, 15) is 9.59 Å². The fraction of sp³-hybridized carbons (Fsp3) is 0.882. The second-order valence-electron chi connectivity index (χ2n) is 8.44. The molecule has 0 spiro atoms. The number of likely N-dealkylation sites (N-methyl/N-ethyl adjacent to an activating group) is 1. The van der Waals surface area contributed by atoms with Crippen LogP contribution in [0.5, 0.6) is 0 Å². The van der Waals surface area contributed by atoms with Gasteiger partial charge in [0, 0.05) is 13.6 Å². The zero-order valence-electron chi connectivity index (χ0n) is 15.8. The first-order valence-electron chi connectivity index (χ1n) is 8.24. The molecule has 23 heavy (non-hydrogen) atoms. The molecule has 6 nitrogen and oxygen atoms in total. The van der Waals surface area contributed by atoms with Gasteiger partial charge in [-0.2, -0.15) is 0 Å². The normalized spacial score (nSPS) is 23.3. The molecular weight excluding hydrogens is 296 g/mol. The Morgan fingerprint density at radius 3 is 2.17 bits per heavy atom. The van der Waals surface area contributed by atoms with Crippen molar-refractivity contribution >= 4 is 12.1 Å². The highest BCUT2D eigenvalue weighted by Crippen LogP contribution is 2.25. The number of carbonyl (C=O) groups excluding carboxylic acids is 2. The molecule has 0 saturated carbocycles. The molecule has 1 aliphatic rings. The van der Waals surface area contributed by atoms with Gasteiger partial charge in [-0.05, 0) is 53.9 Å². The molecule has 1 heterocycles. The van der Waals surface area contributed by atoms with E-state index < -0.39 is 11.0 Å². The minimum absolute atomic E-state index is 0.0497. The quantitative estimate of drug-likeness (QED) is 0.779. The summed E-state index contributed by atoms with van der Waals surface area (Å²) in [6, 6.07) is -0.0497. The predicted octanol–water partition coefficient (Wildman–Crippen LogP) is 3.07. The molecule has 1 rings (SSSR count). The summed E-state index contributed by atoms with van der Waals surface area (Å²) in [6.45, 7) is 14.3. The molecule has 134 valence electrons. The second-order valence-corrected chi connectivity index (χ2v) is 8.44. The van der Waals surface area contributed by atoms with Crippen molar-refractivity contribution in [3.05, 3.63) is 0 Å². The average molecular weight is 328 g/mol. The Hall–Kier alpha value is -1.30. The van der Waals surface area contributed by atoms with E-state index in [4.69, 9.17) is 9.57 Å². The van der Waals surface area contributed by atoms with Crippen molar-refractivity contribution in [2.45, 2.75) is 66.5 Å². The molecule has 2 unspecified atom stereocenters. The highest BCUT2D eigenvalue weighted by molar-refractivity contribution is 5.75. The number of hydrogen-bond acceptors (Lipinski definition) is 5. The van der Waals surface area contributed by atoms with E-state index in [-0.39, 0.29) is 18.1 Å². The second kappa shape index (κ2) is 7.07. The van der Waals surface area contributed by atoms with Gasteiger partial charge in [0.2, 0.25) is 0 Å². The SMILES string of the molecule is CC1CCN(OC(=O)C(C)(C)C)CC1N(C)C(=O)OC(C)(C)C. The lowest BCUT2D eigenvalue weighted by atomic mass is 9.93. The topological polar surface area (TPSA) is 59.1 Å². The van der Waals surface area contributed by atoms with E-state index in [1.807, 2.05) is 41.5 Å². The van der Waals surface area contributed by atoms with Crippen LogP contribution in [0.2, 0.25) is 0 Å². The minimum atomic E-state index is -0.546. The van der Waals surface area contributed by atoms with Crippen molar-refractivity contribution in [1.82, 2.24) is 9.96 Å². The summed E-state index contributed by atoms with van der Waals surface area (Å²) < 4.78 is 5.43. The molecule has 1 aliphatic heterocycles. The van der Waals surface area contributed by atoms with Crippen molar-refractivity contribution in [3.63, 3.8) is 0 Å². The van der Waals surface area contributed by atoms with E-state index in [1.165, 1.54) is 0 Å². The summed E-state index contributed by atoms with van der Waals surface area (Å²) in [7, 11) is 1.74. The van der Waals surface area contributed by atoms with Crippen LogP contribution in [0.25, 0.3) is 0 Å². The molecule has 0 radical (unpaired) electrons. The number of rotatable bonds is 2. The number of nitrogens with zero attached hydrogens (tertiary/aromatic N) is 2. The lowest BCUT2D eigenvalue weighted by molar-refractivity contribution is -0.210. The number of ether oxygens (including phenoxy) is 1. The average Bonchev–Trinajstić information content (AvgIpc) is 2.37. The lowest BCUT2D eigenvalue weighted by Gasteiger charge is -2.41. The van der Waals surface area contributed by atoms with E-state index in [0.29, 0.717) is 19.0 Å². The van der Waals surface area contributed by atoms with Gasteiger partial charge in [-0.15, -0.1) is 5.06 Å². The van der Waals surface area contributed by atoms with Gasteiger partial charge in [0.1, 0.15) is 5.60 Å². The molecule has 0 aromatic rings. The van der Waals surface area contributed by atoms with Gasteiger partial charge in [0.05, 0.1) is 18.0 Å². The van der Waals surface area contributed by atoms with Crippen LogP contribution in [0.3, 0.4) is 0 Å². The highest BCUT2D eigenvalue weighted by atomic mass is 16.7. The maximum atomic E-state index is 12.3. The molecule has 6 heteroatoms. The molecule has 2 atom stereocenters. The van der Waals surface area contributed by atoms with Crippen molar-refractivity contribution in [2.75, 3.05) is 20.1 Å². The standard InChI is InChI=1S/C17H32N2O4/c1-12-9-10-19(23-14(20)16(2,3)4)11-13(12)18(8)15(21)22-17(5,6)7/h12-13H,9-11H2,1-8H3. The van der Waals surface area contributed by atoms with E-state index in [1.54, 1.807) is 17.0 Å². The smallest absolute Gasteiger partial charge is 0.410 e. The molecular formula is C17H32N2O4. The fourth-order valence-corrected chi connectivity index (χ4v) is 2.33. The summed E-state index contributed by atoms with van der Waals surface area (Å²) in [5.74, 6) is 0.0582. The Morgan fingerprint density at radius 2 is 1.70 bits per heavy atom. The first-order valence-corrected chi connectivity index (χ1v) is 8.24. The van der Waals surface area contributed by atoms with Crippen LogP contribution in [0, 0.1) is 11.3 Å². The van der Waals surface area contributed by atoms with Crippen molar-refractivity contribution in [3.8, 4) is 0 Å². The third-order valence-corrected chi connectivity index (χ3v) is 3.88. The Labute approximate surface area is 140 Å². The molecule has 0 aliphatic carbocycles. The molecule has 0 aromatic heterocycles. The molecule has 1 fully saturated rings. The number of hydroxylamine groups is 2. The molecule has 0 aromatic carbocycles. The maximum absolute atomic E-state index is 12.3. The van der Waals surface area contributed by atoms with E-state index in [0.717, 1.165) is 6.42 Å². The summed E-state index contributed by atoms with van der Waals surface area (Å²) in [4.78, 5) is 31.4. The van der Waals surface area contributed by atoms with Gasteiger partial charge in [-0.25, -0.2) is 9.59 Å². The third-order valence-electron chi connectivity index (χ3n) is 3.88. The maximum Gasteiger partial charge on any atom is 0.410 e. The molecule has 1 amide bonds. The van der Waals surface area contributed by atoms with Crippen LogP contribution >= 0.6 is 0 Å². The van der Waals surface area contributed by atoms with Crippen LogP contribution in [-0.2, 0) is 14.4 Å². The first-order chi connectivity index (χ1) is 10.3. The minimum Gasteiger partial charge on any atom is -0.444 e. The zero-order valence-corrected chi connectivity index (χ0v) is 15.8. The van der Waals surface area contributed by atoms with Crippen LogP contribution in [-0.4, -0.2) is 53.8 Å². The van der Waals surface area contributed by atoms with Gasteiger partial charge in [0.15, 0.2) is 0 Å². The summed E-state index contributed by atoms with van der Waals surface area (Å²) >= 11 is 0. The Balaban J connectivity index is 2.70. The van der Waals surface area contributed by atoms with Crippen molar-refractivity contribution in [2.24, 2.45) is 11.3 Å². The van der Waals surface area contributed by atoms with Crippen molar-refractivity contribution < 1.29 is 19.2 Å². The molecule has 0 N–H and O–H groups in total. The molecule has 1 saturated heterocycles. The van der Waals surface area contributed by atoms with Crippen LogP contribution < -0.4 is 0 Å². The summed E-state index contributed by atoms with van der Waals surface area (Å²) in [5, 5.41) is 1.67. The predicted molar refractivity (Wildman–Crippen MR) is 88.7 cm³/mol. The van der Waals surface area contributed by atoms with Gasteiger partial charge >= 0.3 is 12.1 Å². The third kappa shape index (κ3) is 6.01. The Bertz CT molecular complexity index is 437. The van der Waals surface area contributed by atoms with Crippen LogP contribution in [0.1, 0.15) is 54.9 Å². The summed E-state index contributed by atoms with van der Waals surface area (Å²) in [5.41, 5.74) is -1.07. The Morgan fingerprint density at radius 1 is 1.13 bits per heavy atom. The number of carbonyl (C=O) groups is 2. The van der Waals surface area contributed by atoms with Crippen molar-refractivity contribution in [1.29, 1.82) is 0 Å². The number of piperidine rings is 1.